The van der Waals surface area contributed by atoms with E-state index in [-0.39, 0.29) is 5.25 Å². The topological polar surface area (TPSA) is 43.9 Å². The van der Waals surface area contributed by atoms with Crippen LogP contribution in [-0.4, -0.2) is 14.8 Å². The second-order valence-electron chi connectivity index (χ2n) is 6.07. The van der Waals surface area contributed by atoms with E-state index >= 15 is 0 Å². The largest absolute Gasteiger partial charge is 0.469 e. The standard InChI is InChI=1S/C21H19N3OS/c1-15-18(13-14-25-15)20-22-23-21(24(20)2)26-19(16-9-5-3-6-10-16)17-11-7-4-8-12-17/h3-14,19H,1-2H3. The van der Waals surface area contributed by atoms with Gasteiger partial charge in [-0.3, -0.25) is 0 Å². The first-order valence-electron chi connectivity index (χ1n) is 8.44. The predicted molar refractivity (Wildman–Crippen MR) is 104 cm³/mol. The minimum Gasteiger partial charge on any atom is -0.469 e. The molecule has 0 bridgehead atoms. The Balaban J connectivity index is 1.71. The van der Waals surface area contributed by atoms with Crippen LogP contribution < -0.4 is 0 Å². The van der Waals surface area contributed by atoms with Crippen molar-refractivity contribution in [1.82, 2.24) is 14.8 Å². The number of rotatable bonds is 5. The van der Waals surface area contributed by atoms with E-state index in [1.165, 1.54) is 11.1 Å². The Bertz CT molecular complexity index is 953. The minimum atomic E-state index is 0.151. The first-order chi connectivity index (χ1) is 12.7. The van der Waals surface area contributed by atoms with Crippen molar-refractivity contribution < 1.29 is 4.42 Å². The summed E-state index contributed by atoms with van der Waals surface area (Å²) in [5.41, 5.74) is 3.46. The highest BCUT2D eigenvalue weighted by atomic mass is 32.2. The van der Waals surface area contributed by atoms with Crippen molar-refractivity contribution in [2.75, 3.05) is 0 Å². The fraction of sp³-hybridized carbons (Fsp3) is 0.143. The molecule has 0 amide bonds. The van der Waals surface area contributed by atoms with E-state index < -0.39 is 0 Å². The number of aryl methyl sites for hydroxylation is 1. The summed E-state index contributed by atoms with van der Waals surface area (Å²) in [7, 11) is 2.00. The number of aromatic nitrogens is 3. The van der Waals surface area contributed by atoms with Crippen LogP contribution in [0.5, 0.6) is 0 Å². The molecule has 2 aromatic heterocycles. The van der Waals surface area contributed by atoms with E-state index in [0.717, 1.165) is 22.3 Å². The fourth-order valence-electron chi connectivity index (χ4n) is 2.96. The van der Waals surface area contributed by atoms with Gasteiger partial charge in [0.25, 0.3) is 0 Å². The van der Waals surface area contributed by atoms with E-state index in [0.29, 0.717) is 0 Å². The summed E-state index contributed by atoms with van der Waals surface area (Å²) < 4.78 is 7.44. The first kappa shape index (κ1) is 16.7. The van der Waals surface area contributed by atoms with Crippen LogP contribution in [0, 0.1) is 6.92 Å². The minimum absolute atomic E-state index is 0.151. The number of hydrogen-bond donors (Lipinski definition) is 0. The van der Waals surface area contributed by atoms with Gasteiger partial charge in [0.05, 0.1) is 17.1 Å². The molecule has 0 radical (unpaired) electrons. The summed E-state index contributed by atoms with van der Waals surface area (Å²) in [5, 5.41) is 9.85. The lowest BCUT2D eigenvalue weighted by Crippen LogP contribution is -2.00. The molecule has 0 fully saturated rings. The van der Waals surface area contributed by atoms with Gasteiger partial charge in [-0.1, -0.05) is 72.4 Å². The van der Waals surface area contributed by atoms with Crippen molar-refractivity contribution in [3.8, 4) is 11.4 Å². The van der Waals surface area contributed by atoms with Gasteiger partial charge in [-0.05, 0) is 24.1 Å². The third-order valence-corrected chi connectivity index (χ3v) is 5.71. The van der Waals surface area contributed by atoms with Crippen LogP contribution >= 0.6 is 11.8 Å². The molecule has 5 heteroatoms. The van der Waals surface area contributed by atoms with Gasteiger partial charge in [-0.25, -0.2) is 0 Å². The van der Waals surface area contributed by atoms with Crippen LogP contribution in [0.25, 0.3) is 11.4 Å². The Morgan fingerprint density at radius 2 is 1.50 bits per heavy atom. The highest BCUT2D eigenvalue weighted by molar-refractivity contribution is 7.99. The number of thioether (sulfide) groups is 1. The molecule has 0 aliphatic rings. The Morgan fingerprint density at radius 1 is 0.885 bits per heavy atom. The van der Waals surface area contributed by atoms with E-state index in [1.54, 1.807) is 18.0 Å². The van der Waals surface area contributed by atoms with Gasteiger partial charge in [-0.15, -0.1) is 10.2 Å². The van der Waals surface area contributed by atoms with Crippen LogP contribution in [0.15, 0.2) is 82.6 Å². The third-order valence-electron chi connectivity index (χ3n) is 4.36. The van der Waals surface area contributed by atoms with Crippen LogP contribution in [0.1, 0.15) is 22.1 Å². The van der Waals surface area contributed by atoms with Gasteiger partial charge in [0, 0.05) is 7.05 Å². The predicted octanol–water partition coefficient (Wildman–Crippen LogP) is 5.27. The van der Waals surface area contributed by atoms with Crippen molar-refractivity contribution in [2.45, 2.75) is 17.3 Å². The number of benzene rings is 2. The maximum Gasteiger partial charge on any atom is 0.192 e. The lowest BCUT2D eigenvalue weighted by molar-refractivity contribution is 0.534. The second-order valence-corrected chi connectivity index (χ2v) is 7.15. The molecule has 0 spiro atoms. The summed E-state index contributed by atoms with van der Waals surface area (Å²) in [5.74, 6) is 1.67. The van der Waals surface area contributed by atoms with Crippen LogP contribution in [0.4, 0.5) is 0 Å². The normalized spacial score (nSPS) is 11.2. The van der Waals surface area contributed by atoms with E-state index in [9.17, 15) is 0 Å². The fourth-order valence-corrected chi connectivity index (χ4v) is 4.09. The summed E-state index contributed by atoms with van der Waals surface area (Å²) in [6, 6.07) is 22.9. The van der Waals surface area contributed by atoms with Crippen molar-refractivity contribution in [1.29, 1.82) is 0 Å². The molecule has 0 aliphatic heterocycles. The Labute approximate surface area is 156 Å². The van der Waals surface area contributed by atoms with Gasteiger partial charge >= 0.3 is 0 Å². The molecule has 130 valence electrons. The zero-order valence-electron chi connectivity index (χ0n) is 14.7. The number of hydrogen-bond acceptors (Lipinski definition) is 4. The first-order valence-corrected chi connectivity index (χ1v) is 9.32. The van der Waals surface area contributed by atoms with Crippen molar-refractivity contribution in [2.24, 2.45) is 7.05 Å². The zero-order chi connectivity index (χ0) is 17.9. The van der Waals surface area contributed by atoms with Gasteiger partial charge in [0.15, 0.2) is 11.0 Å². The molecule has 26 heavy (non-hydrogen) atoms. The van der Waals surface area contributed by atoms with Gasteiger partial charge in [-0.2, -0.15) is 0 Å². The molecule has 0 atom stereocenters. The number of nitrogens with zero attached hydrogens (tertiary/aromatic N) is 3. The maximum atomic E-state index is 5.41. The summed E-state index contributed by atoms with van der Waals surface area (Å²) in [6.45, 7) is 1.94. The molecule has 0 unspecified atom stereocenters. The van der Waals surface area contributed by atoms with Crippen LogP contribution in [0.3, 0.4) is 0 Å². The van der Waals surface area contributed by atoms with E-state index in [1.807, 2.05) is 36.7 Å². The molecule has 0 saturated heterocycles. The Kier molecular flexibility index (Phi) is 4.63. The van der Waals surface area contributed by atoms with Gasteiger partial charge < -0.3 is 8.98 Å². The molecule has 4 aromatic rings. The molecule has 0 aliphatic carbocycles. The lowest BCUT2D eigenvalue weighted by atomic mass is 10.0. The SMILES string of the molecule is Cc1occc1-c1nnc(SC(c2ccccc2)c2ccccc2)n1C. The van der Waals surface area contributed by atoms with Crippen molar-refractivity contribution >= 4 is 11.8 Å². The van der Waals surface area contributed by atoms with E-state index in [4.69, 9.17) is 4.42 Å². The molecule has 2 heterocycles. The highest BCUT2D eigenvalue weighted by Gasteiger charge is 2.21. The molecule has 4 rings (SSSR count). The smallest absolute Gasteiger partial charge is 0.192 e. The Hall–Kier alpha value is -2.79. The molecule has 0 N–H and O–H groups in total. The summed E-state index contributed by atoms with van der Waals surface area (Å²) in [4.78, 5) is 0. The Morgan fingerprint density at radius 3 is 2.04 bits per heavy atom. The van der Waals surface area contributed by atoms with Crippen molar-refractivity contribution in [3.05, 3.63) is 89.9 Å². The van der Waals surface area contributed by atoms with Gasteiger partial charge in [0.2, 0.25) is 0 Å². The third kappa shape index (κ3) is 3.18. The van der Waals surface area contributed by atoms with E-state index in [2.05, 4.69) is 58.7 Å². The second kappa shape index (κ2) is 7.22. The molecule has 2 aromatic carbocycles. The summed E-state index contributed by atoms with van der Waals surface area (Å²) in [6.07, 6.45) is 1.68. The quantitative estimate of drug-likeness (QED) is 0.455. The van der Waals surface area contributed by atoms with Crippen LogP contribution in [0.2, 0.25) is 0 Å². The zero-order valence-corrected chi connectivity index (χ0v) is 15.5. The highest BCUT2D eigenvalue weighted by Crippen LogP contribution is 2.40. The molecule has 0 saturated carbocycles. The van der Waals surface area contributed by atoms with Crippen molar-refractivity contribution in [3.63, 3.8) is 0 Å². The average Bonchev–Trinajstić information content (AvgIpc) is 3.26. The van der Waals surface area contributed by atoms with Crippen LogP contribution in [-0.2, 0) is 7.05 Å². The number of furan rings is 1. The monoisotopic (exact) mass is 361 g/mol. The molecular formula is C21H19N3OS. The molecule has 4 nitrogen and oxygen atoms in total. The average molecular weight is 361 g/mol. The maximum absolute atomic E-state index is 5.41. The summed E-state index contributed by atoms with van der Waals surface area (Å²) >= 11 is 1.70. The lowest BCUT2D eigenvalue weighted by Gasteiger charge is -2.17. The van der Waals surface area contributed by atoms with Gasteiger partial charge in [0.1, 0.15) is 5.76 Å². The molecular weight excluding hydrogens is 342 g/mol.